The second-order valence-corrected chi connectivity index (χ2v) is 15.6. The first-order valence-electron chi connectivity index (χ1n) is 13.4. The minimum atomic E-state index is -4.34. The van der Waals surface area contributed by atoms with E-state index in [2.05, 4.69) is 34.4 Å². The number of ether oxygens (including phenoxy) is 1. The Hall–Kier alpha value is -2.66. The third kappa shape index (κ3) is 6.30. The Kier molecular flexibility index (Phi) is 7.91. The lowest BCUT2D eigenvalue weighted by Crippen LogP contribution is -2.46. The molecule has 10 heteroatoms. The van der Waals surface area contributed by atoms with Crippen molar-refractivity contribution >= 4 is 45.2 Å². The highest BCUT2D eigenvalue weighted by Gasteiger charge is 2.51. The van der Waals surface area contributed by atoms with Gasteiger partial charge in [-0.2, -0.15) is 13.2 Å². The first-order chi connectivity index (χ1) is 18.9. The van der Waals surface area contributed by atoms with Gasteiger partial charge in [0.1, 0.15) is 12.9 Å². The summed E-state index contributed by atoms with van der Waals surface area (Å²) in [5, 5.41) is 8.23. The van der Waals surface area contributed by atoms with Crippen LogP contribution in [0, 0.1) is 17.3 Å². The molecule has 0 amide bonds. The van der Waals surface area contributed by atoms with Crippen LogP contribution in [0.3, 0.4) is 0 Å². The molecule has 2 heterocycles. The molecule has 5 rings (SSSR count). The van der Waals surface area contributed by atoms with E-state index in [1.54, 1.807) is 37.6 Å². The number of fused-ring (bicyclic) bond motifs is 1. The zero-order valence-electron chi connectivity index (χ0n) is 23.2. The Balaban J connectivity index is 1.41. The average molecular weight is 590 g/mol. The fourth-order valence-corrected chi connectivity index (χ4v) is 7.68. The molecule has 1 saturated carbocycles. The van der Waals surface area contributed by atoms with E-state index in [0.717, 1.165) is 29.9 Å². The zero-order valence-corrected chi connectivity index (χ0v) is 25.0. The SMILES string of the molecule is COc1cc(P(C)(C)=O)ccc1NCC#Cc1sc2c(NC3CCN(C)CC34CC4)cccc2c1CC(F)(F)F. The number of likely N-dealkylation sites (tertiary alicyclic amines) is 1. The van der Waals surface area contributed by atoms with Crippen molar-refractivity contribution in [1.82, 2.24) is 4.90 Å². The summed E-state index contributed by atoms with van der Waals surface area (Å²) in [6.45, 7) is 5.67. The predicted octanol–water partition coefficient (Wildman–Crippen LogP) is 6.62. The second-order valence-electron chi connectivity index (χ2n) is 11.4. The van der Waals surface area contributed by atoms with Gasteiger partial charge in [-0.1, -0.05) is 24.0 Å². The quantitative estimate of drug-likeness (QED) is 0.240. The largest absolute Gasteiger partial charge is 0.495 e. The molecule has 1 saturated heterocycles. The van der Waals surface area contributed by atoms with E-state index in [-0.39, 0.29) is 17.5 Å². The summed E-state index contributed by atoms with van der Waals surface area (Å²) in [6.07, 6.45) is -1.98. The Bertz CT molecular complexity index is 1510. The summed E-state index contributed by atoms with van der Waals surface area (Å²) in [6, 6.07) is 11.2. The van der Waals surface area contributed by atoms with E-state index in [9.17, 15) is 17.7 Å². The highest BCUT2D eigenvalue weighted by molar-refractivity contribution is 7.70. The molecule has 3 aromatic rings. The second kappa shape index (κ2) is 11.0. The van der Waals surface area contributed by atoms with Crippen molar-refractivity contribution in [2.75, 3.05) is 57.8 Å². The lowest BCUT2D eigenvalue weighted by Gasteiger charge is -2.38. The van der Waals surface area contributed by atoms with Crippen LogP contribution in [0.5, 0.6) is 5.75 Å². The van der Waals surface area contributed by atoms with Crippen molar-refractivity contribution in [2.45, 2.75) is 37.9 Å². The number of thiophene rings is 1. The molecule has 214 valence electrons. The lowest BCUT2D eigenvalue weighted by molar-refractivity contribution is -0.126. The summed E-state index contributed by atoms with van der Waals surface area (Å²) in [7, 11) is 1.25. The molecule has 0 bridgehead atoms. The number of methoxy groups -OCH3 is 1. The number of anilines is 2. The van der Waals surface area contributed by atoms with Crippen molar-refractivity contribution in [3.8, 4) is 17.6 Å². The van der Waals surface area contributed by atoms with Crippen LogP contribution in [0.25, 0.3) is 10.1 Å². The monoisotopic (exact) mass is 589 g/mol. The van der Waals surface area contributed by atoms with Gasteiger partial charge < -0.3 is 24.8 Å². The first kappa shape index (κ1) is 28.9. The number of halogens is 3. The number of hydrogen-bond donors (Lipinski definition) is 2. The number of nitrogens with zero attached hydrogens (tertiary/aromatic N) is 1. The van der Waals surface area contributed by atoms with Gasteiger partial charge in [0.15, 0.2) is 0 Å². The van der Waals surface area contributed by atoms with Crippen LogP contribution < -0.4 is 20.7 Å². The molecule has 1 aromatic heterocycles. The summed E-state index contributed by atoms with van der Waals surface area (Å²) >= 11 is 1.33. The third-order valence-electron chi connectivity index (χ3n) is 7.92. The van der Waals surface area contributed by atoms with Gasteiger partial charge in [0.2, 0.25) is 0 Å². The maximum atomic E-state index is 13.6. The molecule has 0 radical (unpaired) electrons. The number of alkyl halides is 3. The van der Waals surface area contributed by atoms with Crippen LogP contribution >= 0.6 is 18.5 Å². The standard InChI is InChI=1S/C30H35F3N3O2PS/c1-36-16-12-27(29(19-36)13-14-29)35-24-8-5-7-21-22(18-30(31,32)33)26(40-28(21)24)9-6-15-34-23-11-10-20(39(3,4)37)17-25(23)38-2/h5,7-8,10-11,17,27,34-35H,12-16,18-19H2,1-4H3. The Morgan fingerprint density at radius 1 is 1.20 bits per heavy atom. The van der Waals surface area contributed by atoms with E-state index < -0.39 is 19.7 Å². The fourth-order valence-electron chi connectivity index (χ4n) is 5.65. The van der Waals surface area contributed by atoms with Gasteiger partial charge in [-0.3, -0.25) is 0 Å². The van der Waals surface area contributed by atoms with Gasteiger partial charge in [0.05, 0.1) is 41.0 Å². The smallest absolute Gasteiger partial charge is 0.393 e. The first-order valence-corrected chi connectivity index (χ1v) is 16.8. The highest BCUT2D eigenvalue weighted by Crippen LogP contribution is 2.53. The van der Waals surface area contributed by atoms with Gasteiger partial charge in [-0.05, 0) is 81.4 Å². The minimum absolute atomic E-state index is 0.217. The molecule has 1 atom stereocenters. The van der Waals surface area contributed by atoms with E-state index >= 15 is 0 Å². The van der Waals surface area contributed by atoms with Crippen LogP contribution in [0.1, 0.15) is 29.7 Å². The van der Waals surface area contributed by atoms with Gasteiger partial charge in [0, 0.05) is 23.3 Å². The maximum absolute atomic E-state index is 13.6. The predicted molar refractivity (Wildman–Crippen MR) is 160 cm³/mol. The molecule has 2 fully saturated rings. The maximum Gasteiger partial charge on any atom is 0.393 e. The number of piperidine rings is 1. The van der Waals surface area contributed by atoms with Gasteiger partial charge in [-0.15, -0.1) is 11.3 Å². The number of benzene rings is 2. The number of nitrogens with one attached hydrogen (secondary N) is 2. The minimum Gasteiger partial charge on any atom is -0.495 e. The van der Waals surface area contributed by atoms with Crippen LogP contribution in [0.15, 0.2) is 36.4 Å². The van der Waals surface area contributed by atoms with Crippen molar-refractivity contribution in [3.05, 3.63) is 46.8 Å². The Morgan fingerprint density at radius 2 is 1.98 bits per heavy atom. The zero-order chi connectivity index (χ0) is 28.7. The lowest BCUT2D eigenvalue weighted by atomic mass is 9.89. The van der Waals surface area contributed by atoms with Crippen LogP contribution in [0.4, 0.5) is 24.5 Å². The van der Waals surface area contributed by atoms with Crippen molar-refractivity contribution in [1.29, 1.82) is 0 Å². The molecule has 2 aromatic carbocycles. The average Bonchev–Trinajstić information content (AvgIpc) is 3.56. The summed E-state index contributed by atoms with van der Waals surface area (Å²) in [5.74, 6) is 6.57. The molecule has 1 spiro atoms. The van der Waals surface area contributed by atoms with Gasteiger partial charge in [-0.25, -0.2) is 0 Å². The normalized spacial score (nSPS) is 18.8. The molecule has 2 aliphatic rings. The van der Waals surface area contributed by atoms with Gasteiger partial charge in [0.25, 0.3) is 0 Å². The van der Waals surface area contributed by atoms with Crippen molar-refractivity contribution < 1.29 is 22.5 Å². The fraction of sp³-hybridized carbons (Fsp3) is 0.467. The van der Waals surface area contributed by atoms with Gasteiger partial charge >= 0.3 is 6.18 Å². The molecule has 1 aliphatic heterocycles. The van der Waals surface area contributed by atoms with Crippen LogP contribution in [-0.4, -0.2) is 64.2 Å². The molecule has 40 heavy (non-hydrogen) atoms. The molecular weight excluding hydrogens is 554 g/mol. The molecule has 1 aliphatic carbocycles. The number of hydrogen-bond acceptors (Lipinski definition) is 6. The number of rotatable bonds is 7. The third-order valence-corrected chi connectivity index (χ3v) is 10.6. The molecular formula is C30H35F3N3O2PS. The topological polar surface area (TPSA) is 53.6 Å². The van der Waals surface area contributed by atoms with Crippen molar-refractivity contribution in [2.24, 2.45) is 5.41 Å². The molecule has 1 unspecified atom stereocenters. The summed E-state index contributed by atoms with van der Waals surface area (Å²) in [4.78, 5) is 2.81. The van der Waals surface area contributed by atoms with E-state index in [0.29, 0.717) is 33.0 Å². The van der Waals surface area contributed by atoms with Crippen LogP contribution in [0.2, 0.25) is 0 Å². The van der Waals surface area contributed by atoms with Crippen molar-refractivity contribution in [3.63, 3.8) is 0 Å². The van der Waals surface area contributed by atoms with Crippen LogP contribution in [-0.2, 0) is 11.0 Å². The Labute approximate surface area is 237 Å². The summed E-state index contributed by atoms with van der Waals surface area (Å²) in [5.41, 5.74) is 2.07. The highest BCUT2D eigenvalue weighted by atomic mass is 32.1. The Morgan fingerprint density at radius 3 is 2.65 bits per heavy atom. The van der Waals surface area contributed by atoms with E-state index in [1.165, 1.54) is 31.3 Å². The van der Waals surface area contributed by atoms with E-state index in [4.69, 9.17) is 4.74 Å². The molecule has 5 nitrogen and oxygen atoms in total. The van der Waals surface area contributed by atoms with E-state index in [1.807, 2.05) is 12.1 Å². The molecule has 2 N–H and O–H groups in total. The summed E-state index contributed by atoms with van der Waals surface area (Å²) < 4.78 is 59.6.